The van der Waals surface area contributed by atoms with Crippen molar-refractivity contribution < 1.29 is 19.1 Å². The largest absolute Gasteiger partial charge is 0.464 e. The van der Waals surface area contributed by atoms with E-state index in [2.05, 4.69) is 10.3 Å². The van der Waals surface area contributed by atoms with Crippen LogP contribution in [0, 0.1) is 0 Å². The number of halogens is 1. The number of esters is 1. The van der Waals surface area contributed by atoms with Crippen molar-refractivity contribution in [2.24, 2.45) is 0 Å². The van der Waals surface area contributed by atoms with E-state index in [0.717, 1.165) is 6.42 Å². The Morgan fingerprint density at radius 3 is 2.92 bits per heavy atom. The van der Waals surface area contributed by atoms with E-state index < -0.39 is 24.0 Å². The summed E-state index contributed by atoms with van der Waals surface area (Å²) in [6.45, 7) is 4.06. The van der Waals surface area contributed by atoms with E-state index in [-0.39, 0.29) is 17.7 Å². The molecule has 1 aromatic rings. The molecule has 0 aromatic carbocycles. The molecule has 7 nitrogen and oxygen atoms in total. The molecule has 0 bridgehead atoms. The lowest BCUT2D eigenvalue weighted by molar-refractivity contribution is -0.153. The summed E-state index contributed by atoms with van der Waals surface area (Å²) in [5, 5.41) is 2.82. The second kappa shape index (κ2) is 8.10. The summed E-state index contributed by atoms with van der Waals surface area (Å²) in [6, 6.07) is 1.59. The summed E-state index contributed by atoms with van der Waals surface area (Å²) in [6.07, 6.45) is 2.72. The molecule has 2 amide bonds. The van der Waals surface area contributed by atoms with E-state index in [1.807, 2.05) is 0 Å². The highest BCUT2D eigenvalue weighted by molar-refractivity contribution is 6.29. The van der Waals surface area contributed by atoms with Crippen LogP contribution in [0.15, 0.2) is 18.3 Å². The first-order valence-electron chi connectivity index (χ1n) is 7.83. The molecule has 0 spiro atoms. The standard InChI is InChI=1S/C16H20ClN3O4/c1-3-24-16(23)12-5-4-8-20(12)15(22)10(2)19-14(21)11-6-7-18-13(17)9-11/h6-7,9-10,12H,3-5,8H2,1-2H3,(H,19,21)/t10-,12-/m0/s1. The van der Waals surface area contributed by atoms with Gasteiger partial charge >= 0.3 is 5.97 Å². The summed E-state index contributed by atoms with van der Waals surface area (Å²) in [4.78, 5) is 42.0. The van der Waals surface area contributed by atoms with Gasteiger partial charge in [0, 0.05) is 18.3 Å². The van der Waals surface area contributed by atoms with Crippen molar-refractivity contribution in [3.8, 4) is 0 Å². The van der Waals surface area contributed by atoms with E-state index in [9.17, 15) is 14.4 Å². The van der Waals surface area contributed by atoms with E-state index in [1.54, 1.807) is 13.8 Å². The number of aromatic nitrogens is 1. The summed E-state index contributed by atoms with van der Waals surface area (Å²) in [7, 11) is 0. The number of nitrogens with one attached hydrogen (secondary N) is 1. The molecule has 0 radical (unpaired) electrons. The number of rotatable bonds is 5. The Labute approximate surface area is 145 Å². The van der Waals surface area contributed by atoms with Crippen molar-refractivity contribution >= 4 is 29.4 Å². The quantitative estimate of drug-likeness (QED) is 0.638. The maximum atomic E-state index is 12.6. The number of likely N-dealkylation sites (tertiary alicyclic amines) is 1. The minimum atomic E-state index is -0.764. The highest BCUT2D eigenvalue weighted by atomic mass is 35.5. The van der Waals surface area contributed by atoms with E-state index in [0.29, 0.717) is 18.5 Å². The van der Waals surface area contributed by atoms with Crippen molar-refractivity contribution in [1.82, 2.24) is 15.2 Å². The number of nitrogens with zero attached hydrogens (tertiary/aromatic N) is 2. The fourth-order valence-corrected chi connectivity index (χ4v) is 2.82. The van der Waals surface area contributed by atoms with Gasteiger partial charge < -0.3 is 15.0 Å². The maximum absolute atomic E-state index is 12.6. The molecule has 8 heteroatoms. The van der Waals surface area contributed by atoms with Gasteiger partial charge in [-0.15, -0.1) is 0 Å². The minimum Gasteiger partial charge on any atom is -0.464 e. The number of hydrogen-bond acceptors (Lipinski definition) is 5. The average Bonchev–Trinajstić information content (AvgIpc) is 3.03. The molecule has 1 fully saturated rings. The van der Waals surface area contributed by atoms with Gasteiger partial charge in [-0.2, -0.15) is 0 Å². The molecule has 1 aromatic heterocycles. The van der Waals surface area contributed by atoms with Gasteiger partial charge in [0.05, 0.1) is 6.61 Å². The molecule has 2 heterocycles. The van der Waals surface area contributed by atoms with E-state index in [4.69, 9.17) is 16.3 Å². The van der Waals surface area contributed by atoms with Gasteiger partial charge in [-0.3, -0.25) is 9.59 Å². The summed E-state index contributed by atoms with van der Waals surface area (Å²) in [5.74, 6) is -1.13. The Kier molecular flexibility index (Phi) is 6.14. The number of hydrogen-bond donors (Lipinski definition) is 1. The molecule has 24 heavy (non-hydrogen) atoms. The molecular weight excluding hydrogens is 334 g/mol. The van der Waals surface area contributed by atoms with Crippen LogP contribution in [0.1, 0.15) is 37.0 Å². The fourth-order valence-electron chi connectivity index (χ4n) is 2.65. The summed E-state index contributed by atoms with van der Waals surface area (Å²) < 4.78 is 5.01. The number of pyridine rings is 1. The Balaban J connectivity index is 2.01. The molecule has 1 aliphatic rings. The average molecular weight is 354 g/mol. The molecule has 2 rings (SSSR count). The van der Waals surface area contributed by atoms with Crippen molar-refractivity contribution in [3.05, 3.63) is 29.0 Å². The third kappa shape index (κ3) is 4.23. The van der Waals surface area contributed by atoms with Crippen molar-refractivity contribution in [1.29, 1.82) is 0 Å². The van der Waals surface area contributed by atoms with Crippen LogP contribution in [-0.4, -0.2) is 52.9 Å². The zero-order valence-electron chi connectivity index (χ0n) is 13.6. The second-order valence-corrected chi connectivity index (χ2v) is 5.89. The number of amides is 2. The van der Waals surface area contributed by atoms with Gasteiger partial charge in [-0.05, 0) is 38.8 Å². The molecule has 130 valence electrons. The summed E-state index contributed by atoms with van der Waals surface area (Å²) >= 11 is 5.76. The smallest absolute Gasteiger partial charge is 0.328 e. The van der Waals surface area contributed by atoms with Crippen molar-refractivity contribution in [2.45, 2.75) is 38.8 Å². The van der Waals surface area contributed by atoms with Gasteiger partial charge in [-0.25, -0.2) is 9.78 Å². The van der Waals surface area contributed by atoms with Gasteiger partial charge in [0.15, 0.2) is 0 Å². The monoisotopic (exact) mass is 353 g/mol. The van der Waals surface area contributed by atoms with Crippen molar-refractivity contribution in [2.75, 3.05) is 13.2 Å². The van der Waals surface area contributed by atoms with Crippen LogP contribution in [0.2, 0.25) is 5.15 Å². The molecule has 1 saturated heterocycles. The highest BCUT2D eigenvalue weighted by Gasteiger charge is 2.37. The molecule has 2 atom stereocenters. The molecule has 0 saturated carbocycles. The Morgan fingerprint density at radius 2 is 2.25 bits per heavy atom. The lowest BCUT2D eigenvalue weighted by atomic mass is 10.2. The van der Waals surface area contributed by atoms with E-state index >= 15 is 0 Å². The number of carbonyl (C=O) groups is 3. The Hall–Kier alpha value is -2.15. The normalized spacial score (nSPS) is 18.1. The predicted octanol–water partition coefficient (Wildman–Crippen LogP) is 1.41. The molecule has 0 unspecified atom stereocenters. The lowest BCUT2D eigenvalue weighted by Gasteiger charge is -2.26. The molecule has 0 aliphatic carbocycles. The molecular formula is C16H20ClN3O4. The first kappa shape index (κ1) is 18.2. The van der Waals surface area contributed by atoms with Crippen LogP contribution < -0.4 is 5.32 Å². The van der Waals surface area contributed by atoms with Crippen LogP contribution in [0.25, 0.3) is 0 Å². The van der Waals surface area contributed by atoms with Gasteiger partial charge in [0.2, 0.25) is 5.91 Å². The van der Waals surface area contributed by atoms with Crippen LogP contribution in [0.3, 0.4) is 0 Å². The van der Waals surface area contributed by atoms with Crippen LogP contribution in [-0.2, 0) is 14.3 Å². The van der Waals surface area contributed by atoms with Gasteiger partial charge in [0.25, 0.3) is 5.91 Å². The Bertz CT molecular complexity index is 638. The van der Waals surface area contributed by atoms with Crippen LogP contribution in [0.4, 0.5) is 0 Å². The fraction of sp³-hybridized carbons (Fsp3) is 0.500. The first-order chi connectivity index (χ1) is 11.4. The van der Waals surface area contributed by atoms with Gasteiger partial charge in [-0.1, -0.05) is 11.6 Å². The third-order valence-corrected chi connectivity index (χ3v) is 4.01. The predicted molar refractivity (Wildman–Crippen MR) is 87.5 cm³/mol. The minimum absolute atomic E-state index is 0.198. The van der Waals surface area contributed by atoms with E-state index in [1.165, 1.54) is 23.2 Å². The molecule has 1 N–H and O–H groups in total. The lowest BCUT2D eigenvalue weighted by Crippen LogP contribution is -2.50. The Morgan fingerprint density at radius 1 is 1.50 bits per heavy atom. The summed E-state index contributed by atoms with van der Waals surface area (Å²) in [5.41, 5.74) is 0.318. The second-order valence-electron chi connectivity index (χ2n) is 5.50. The SMILES string of the molecule is CCOC(=O)[C@@H]1CCCN1C(=O)[C@H](C)NC(=O)c1ccnc(Cl)c1. The highest BCUT2D eigenvalue weighted by Crippen LogP contribution is 2.19. The maximum Gasteiger partial charge on any atom is 0.328 e. The van der Waals surface area contributed by atoms with Crippen molar-refractivity contribution in [3.63, 3.8) is 0 Å². The first-order valence-corrected chi connectivity index (χ1v) is 8.21. The molecule has 1 aliphatic heterocycles. The topological polar surface area (TPSA) is 88.6 Å². The van der Waals surface area contributed by atoms with Gasteiger partial charge in [0.1, 0.15) is 17.2 Å². The number of ether oxygens (including phenoxy) is 1. The zero-order valence-corrected chi connectivity index (χ0v) is 14.4. The zero-order chi connectivity index (χ0) is 17.7. The van der Waals surface area contributed by atoms with Crippen LogP contribution >= 0.6 is 11.6 Å². The van der Waals surface area contributed by atoms with Crippen LogP contribution in [0.5, 0.6) is 0 Å². The number of carbonyl (C=O) groups excluding carboxylic acids is 3. The third-order valence-electron chi connectivity index (χ3n) is 3.80.